The van der Waals surface area contributed by atoms with Gasteiger partial charge in [0.1, 0.15) is 0 Å². The van der Waals surface area contributed by atoms with Crippen LogP contribution in [-0.4, -0.2) is 20.2 Å². The van der Waals surface area contributed by atoms with Gasteiger partial charge < -0.3 is 0 Å². The number of aromatic nitrogens is 1. The van der Waals surface area contributed by atoms with Gasteiger partial charge in [0.05, 0.1) is 21.1 Å². The molecule has 1 aromatic carbocycles. The van der Waals surface area contributed by atoms with Gasteiger partial charge >= 0.3 is 12.4 Å². The Hall–Kier alpha value is -2.31. The lowest BCUT2D eigenvalue weighted by atomic mass is 10.1. The van der Waals surface area contributed by atoms with Crippen LogP contribution in [0.5, 0.6) is 0 Å². The molecular formula is C17H8ClF6N3OS2. The number of hydrogen-bond acceptors (Lipinski definition) is 5. The summed E-state index contributed by atoms with van der Waals surface area (Å²) in [6, 6.07) is 4.77. The third-order valence-corrected chi connectivity index (χ3v) is 5.31. The average Bonchev–Trinajstić information content (AvgIpc) is 2.89. The molecule has 158 valence electrons. The fourth-order valence-corrected chi connectivity index (χ4v) is 3.65. The summed E-state index contributed by atoms with van der Waals surface area (Å²) in [5.41, 5.74) is 0.881. The van der Waals surface area contributed by atoms with E-state index in [-0.39, 0.29) is 20.1 Å². The molecule has 0 unspecified atom stereocenters. The first-order valence-electron chi connectivity index (χ1n) is 7.81. The van der Waals surface area contributed by atoms with E-state index in [9.17, 15) is 31.1 Å². The largest absolute Gasteiger partial charge is 0.417 e. The smallest absolute Gasteiger partial charge is 0.272 e. The number of nitrogens with one attached hydrogen (secondary N) is 1. The van der Waals surface area contributed by atoms with Gasteiger partial charge in [-0.3, -0.25) is 10.2 Å². The van der Waals surface area contributed by atoms with Crippen LogP contribution in [0.1, 0.15) is 16.7 Å². The number of rotatable bonds is 3. The zero-order valence-corrected chi connectivity index (χ0v) is 16.7. The van der Waals surface area contributed by atoms with Crippen molar-refractivity contribution in [2.45, 2.75) is 12.4 Å². The molecule has 1 aliphatic heterocycles. The van der Waals surface area contributed by atoms with Crippen LogP contribution in [0.2, 0.25) is 5.02 Å². The maximum absolute atomic E-state index is 12.7. The summed E-state index contributed by atoms with van der Waals surface area (Å²) in [6.45, 7) is 0. The second kappa shape index (κ2) is 8.08. The second-order valence-corrected chi connectivity index (χ2v) is 7.88. The maximum Gasteiger partial charge on any atom is 0.417 e. The van der Waals surface area contributed by atoms with E-state index < -0.39 is 29.4 Å². The summed E-state index contributed by atoms with van der Waals surface area (Å²) in [5, 5.41) is 0.475. The van der Waals surface area contributed by atoms with Crippen LogP contribution in [-0.2, 0) is 17.1 Å². The molecule has 1 aliphatic rings. The molecule has 0 bridgehead atoms. The second-order valence-electron chi connectivity index (χ2n) is 5.80. The van der Waals surface area contributed by atoms with Gasteiger partial charge in [0.2, 0.25) is 0 Å². The van der Waals surface area contributed by atoms with Crippen LogP contribution >= 0.6 is 35.6 Å². The summed E-state index contributed by atoms with van der Waals surface area (Å²) >= 11 is 11.7. The minimum atomic E-state index is -4.64. The predicted octanol–water partition coefficient (Wildman–Crippen LogP) is 6.00. The molecule has 30 heavy (non-hydrogen) atoms. The topological polar surface area (TPSA) is 45.2 Å². The molecule has 3 rings (SSSR count). The number of thioether (sulfide) groups is 1. The van der Waals surface area contributed by atoms with Crippen LogP contribution in [0.4, 0.5) is 32.2 Å². The molecule has 0 atom stereocenters. The van der Waals surface area contributed by atoms with Gasteiger partial charge in [-0.2, -0.15) is 31.4 Å². The molecular weight excluding hydrogens is 476 g/mol. The van der Waals surface area contributed by atoms with Crippen molar-refractivity contribution in [3.05, 3.63) is 63.1 Å². The number of amides is 1. The number of thiocarbonyl (C=S) groups is 1. The number of hydrazine groups is 1. The van der Waals surface area contributed by atoms with Gasteiger partial charge in [-0.05, 0) is 42.1 Å². The minimum absolute atomic E-state index is 0.0101. The van der Waals surface area contributed by atoms with Crippen LogP contribution in [0.25, 0.3) is 6.08 Å². The standard InChI is InChI=1S/C17H8ClF6N3OS2/c18-11-6-10(17(22,23)24)7-25-13(11)26-27-14(28)12(30-15(27)29)5-8-1-3-9(4-2-8)16(19,20)21/h1-7H,(H,25,26)/b12-5-. The molecule has 1 saturated heterocycles. The fourth-order valence-electron chi connectivity index (χ4n) is 2.26. The molecule has 4 nitrogen and oxygen atoms in total. The van der Waals surface area contributed by atoms with Crippen molar-refractivity contribution in [1.82, 2.24) is 9.99 Å². The fraction of sp³-hybridized carbons (Fsp3) is 0.118. The number of anilines is 1. The molecule has 2 heterocycles. The first-order valence-corrected chi connectivity index (χ1v) is 9.41. The Morgan fingerprint density at radius 3 is 2.20 bits per heavy atom. The molecule has 0 radical (unpaired) electrons. The van der Waals surface area contributed by atoms with Crippen LogP contribution in [0.3, 0.4) is 0 Å². The molecule has 2 aromatic rings. The van der Waals surface area contributed by atoms with E-state index in [0.717, 1.165) is 28.9 Å². The summed E-state index contributed by atoms with van der Waals surface area (Å²) < 4.78 is 76.0. The number of halogens is 7. The van der Waals surface area contributed by atoms with E-state index in [1.807, 2.05) is 0 Å². The van der Waals surface area contributed by atoms with Crippen molar-refractivity contribution in [2.24, 2.45) is 0 Å². The van der Waals surface area contributed by atoms with Crippen molar-refractivity contribution in [2.75, 3.05) is 5.43 Å². The highest BCUT2D eigenvalue weighted by molar-refractivity contribution is 8.26. The Bertz CT molecular complexity index is 1040. The number of carbonyl (C=O) groups is 1. The van der Waals surface area contributed by atoms with E-state index in [1.54, 1.807) is 0 Å². The summed E-state index contributed by atoms with van der Waals surface area (Å²) in [6.07, 6.45) is -7.24. The number of carbonyl (C=O) groups excluding carboxylic acids is 1. The maximum atomic E-state index is 12.7. The van der Waals surface area contributed by atoms with E-state index in [4.69, 9.17) is 23.8 Å². The lowest BCUT2D eigenvalue weighted by molar-refractivity contribution is -0.138. The molecule has 13 heteroatoms. The Kier molecular flexibility index (Phi) is 6.03. The van der Waals surface area contributed by atoms with Gasteiger partial charge in [0.15, 0.2) is 10.1 Å². The number of hydrogen-bond donors (Lipinski definition) is 1. The lowest BCUT2D eigenvalue weighted by Crippen LogP contribution is -2.34. The third-order valence-electron chi connectivity index (χ3n) is 3.72. The number of nitrogens with zero attached hydrogens (tertiary/aromatic N) is 2. The first kappa shape index (κ1) is 22.4. The van der Waals surface area contributed by atoms with E-state index >= 15 is 0 Å². The molecule has 0 aliphatic carbocycles. The van der Waals surface area contributed by atoms with Crippen molar-refractivity contribution in [3.63, 3.8) is 0 Å². The monoisotopic (exact) mass is 483 g/mol. The lowest BCUT2D eigenvalue weighted by Gasteiger charge is -2.17. The summed E-state index contributed by atoms with van der Waals surface area (Å²) in [4.78, 5) is 16.2. The third kappa shape index (κ3) is 4.87. The van der Waals surface area contributed by atoms with Gasteiger partial charge in [-0.25, -0.2) is 4.98 Å². The highest BCUT2D eigenvalue weighted by Crippen LogP contribution is 2.36. The minimum Gasteiger partial charge on any atom is -0.272 e. The Balaban J connectivity index is 1.79. The number of benzene rings is 1. The van der Waals surface area contributed by atoms with Crippen molar-refractivity contribution >= 4 is 57.7 Å². The van der Waals surface area contributed by atoms with Crippen molar-refractivity contribution in [1.29, 1.82) is 0 Å². The first-order chi connectivity index (χ1) is 13.9. The molecule has 0 saturated carbocycles. The number of alkyl halides is 6. The average molecular weight is 484 g/mol. The van der Waals surface area contributed by atoms with Gasteiger partial charge in [-0.15, -0.1) is 0 Å². The SMILES string of the molecule is O=C1/C(=C/c2ccc(C(F)(F)F)cc2)SC(=S)N1Nc1ncc(C(F)(F)F)cc1Cl. The van der Waals surface area contributed by atoms with Gasteiger partial charge in [0.25, 0.3) is 5.91 Å². The van der Waals surface area contributed by atoms with Gasteiger partial charge in [0, 0.05) is 6.20 Å². The molecule has 1 amide bonds. The Morgan fingerprint density at radius 1 is 1.07 bits per heavy atom. The van der Waals surface area contributed by atoms with E-state index in [2.05, 4.69) is 10.4 Å². The quantitative estimate of drug-likeness (QED) is 0.329. The predicted molar refractivity (Wildman–Crippen MR) is 104 cm³/mol. The Labute approximate surface area is 179 Å². The van der Waals surface area contributed by atoms with Crippen molar-refractivity contribution in [3.8, 4) is 0 Å². The van der Waals surface area contributed by atoms with Crippen LogP contribution in [0, 0.1) is 0 Å². The highest BCUT2D eigenvalue weighted by atomic mass is 35.5. The highest BCUT2D eigenvalue weighted by Gasteiger charge is 2.35. The van der Waals surface area contributed by atoms with Crippen LogP contribution < -0.4 is 5.43 Å². The normalized spacial score (nSPS) is 16.5. The van der Waals surface area contributed by atoms with E-state index in [0.29, 0.717) is 17.8 Å². The molecule has 1 fully saturated rings. The molecule has 1 N–H and O–H groups in total. The van der Waals surface area contributed by atoms with E-state index in [1.165, 1.54) is 18.2 Å². The molecule has 0 spiro atoms. The van der Waals surface area contributed by atoms with Crippen LogP contribution in [0.15, 0.2) is 41.4 Å². The summed E-state index contributed by atoms with van der Waals surface area (Å²) in [7, 11) is 0. The number of pyridine rings is 1. The molecule has 1 aromatic heterocycles. The zero-order chi connectivity index (χ0) is 22.3. The van der Waals surface area contributed by atoms with Gasteiger partial charge in [-0.1, -0.05) is 35.5 Å². The zero-order valence-electron chi connectivity index (χ0n) is 14.3. The Morgan fingerprint density at radius 2 is 1.67 bits per heavy atom. The summed E-state index contributed by atoms with van der Waals surface area (Å²) in [5.74, 6) is -0.889. The van der Waals surface area contributed by atoms with Crippen molar-refractivity contribution < 1.29 is 31.1 Å².